The van der Waals surface area contributed by atoms with E-state index in [1.807, 2.05) is 7.05 Å². The van der Waals surface area contributed by atoms with Crippen LogP contribution in [0.4, 0.5) is 0 Å². The summed E-state index contributed by atoms with van der Waals surface area (Å²) >= 11 is 0. The van der Waals surface area contributed by atoms with Gasteiger partial charge >= 0.3 is 0 Å². The number of ether oxygens (including phenoxy) is 1. The minimum absolute atomic E-state index is 0.366. The van der Waals surface area contributed by atoms with Crippen molar-refractivity contribution in [1.82, 2.24) is 15.5 Å². The first-order chi connectivity index (χ1) is 12.9. The summed E-state index contributed by atoms with van der Waals surface area (Å²) in [5.74, 6) is 0.873. The van der Waals surface area contributed by atoms with Crippen LogP contribution in [0.1, 0.15) is 51.7 Å². The Hall–Kier alpha value is -1.59. The Morgan fingerprint density at radius 1 is 1.19 bits per heavy atom. The Morgan fingerprint density at radius 3 is 2.48 bits per heavy atom. The van der Waals surface area contributed by atoms with Gasteiger partial charge in [0.05, 0.1) is 13.2 Å². The van der Waals surface area contributed by atoms with E-state index in [0.29, 0.717) is 11.5 Å². The van der Waals surface area contributed by atoms with Gasteiger partial charge < -0.3 is 15.4 Å². The number of morpholine rings is 1. The molecule has 5 nitrogen and oxygen atoms in total. The molecule has 2 N–H and O–H groups in total. The fourth-order valence-electron chi connectivity index (χ4n) is 3.21. The summed E-state index contributed by atoms with van der Waals surface area (Å²) in [6.45, 7) is 14.6. The summed E-state index contributed by atoms with van der Waals surface area (Å²) in [4.78, 5) is 6.86. The number of hydrogen-bond donors (Lipinski definition) is 2. The molecule has 1 aromatic rings. The molecule has 1 aliphatic heterocycles. The number of aliphatic imine (C=N–C) groups is 1. The molecule has 1 aromatic carbocycles. The van der Waals surface area contributed by atoms with Crippen molar-refractivity contribution in [2.45, 2.75) is 59.7 Å². The maximum absolute atomic E-state index is 5.46. The summed E-state index contributed by atoms with van der Waals surface area (Å²) in [6.07, 6.45) is 2.33. The predicted molar refractivity (Wildman–Crippen MR) is 114 cm³/mol. The molecule has 0 bridgehead atoms. The maximum Gasteiger partial charge on any atom is 0.191 e. The van der Waals surface area contributed by atoms with Crippen LogP contribution < -0.4 is 10.6 Å². The van der Waals surface area contributed by atoms with Crippen LogP contribution in [0, 0.1) is 5.41 Å². The topological polar surface area (TPSA) is 48.9 Å². The van der Waals surface area contributed by atoms with Crippen LogP contribution in [-0.4, -0.2) is 50.3 Å². The molecule has 1 heterocycles. The van der Waals surface area contributed by atoms with E-state index < -0.39 is 0 Å². The molecule has 1 saturated heterocycles. The van der Waals surface area contributed by atoms with Gasteiger partial charge in [0, 0.05) is 39.3 Å². The van der Waals surface area contributed by atoms with Crippen molar-refractivity contribution in [3.63, 3.8) is 0 Å². The minimum Gasteiger partial charge on any atom is -0.379 e. The normalized spacial score (nSPS) is 17.6. The summed E-state index contributed by atoms with van der Waals surface area (Å²) in [6, 6.07) is 9.08. The average Bonchev–Trinajstić information content (AvgIpc) is 2.65. The zero-order valence-corrected chi connectivity index (χ0v) is 17.8. The Bertz CT molecular complexity index is 588. The van der Waals surface area contributed by atoms with E-state index in [2.05, 4.69) is 72.5 Å². The summed E-state index contributed by atoms with van der Waals surface area (Å²) in [7, 11) is 1.84. The molecule has 0 aliphatic carbocycles. The maximum atomic E-state index is 5.46. The van der Waals surface area contributed by atoms with Gasteiger partial charge in [0.15, 0.2) is 5.96 Å². The highest BCUT2D eigenvalue weighted by Crippen LogP contribution is 2.21. The molecule has 1 unspecified atom stereocenters. The van der Waals surface area contributed by atoms with Crippen LogP contribution in [0.2, 0.25) is 0 Å². The van der Waals surface area contributed by atoms with Gasteiger partial charge in [-0.25, -0.2) is 0 Å². The fraction of sp³-hybridized carbons (Fsp3) is 0.682. The van der Waals surface area contributed by atoms with Crippen molar-refractivity contribution in [3.8, 4) is 0 Å². The van der Waals surface area contributed by atoms with Crippen LogP contribution in [0.15, 0.2) is 29.3 Å². The van der Waals surface area contributed by atoms with Crippen molar-refractivity contribution < 1.29 is 4.74 Å². The van der Waals surface area contributed by atoms with Crippen molar-refractivity contribution in [2.75, 3.05) is 33.4 Å². The molecule has 1 aliphatic rings. The van der Waals surface area contributed by atoms with E-state index >= 15 is 0 Å². The number of hydrogen-bond acceptors (Lipinski definition) is 3. The third-order valence-electron chi connectivity index (χ3n) is 5.00. The second-order valence-electron chi connectivity index (χ2n) is 8.73. The second kappa shape index (κ2) is 10.7. The molecular formula is C22H38N4O. The van der Waals surface area contributed by atoms with Gasteiger partial charge in [-0.1, -0.05) is 45.0 Å². The molecular weight excluding hydrogens is 336 g/mol. The molecule has 27 heavy (non-hydrogen) atoms. The van der Waals surface area contributed by atoms with Crippen molar-refractivity contribution in [1.29, 1.82) is 0 Å². The average molecular weight is 375 g/mol. The summed E-state index contributed by atoms with van der Waals surface area (Å²) in [5, 5.41) is 7.01. The van der Waals surface area contributed by atoms with Crippen LogP contribution in [0.3, 0.4) is 0 Å². The second-order valence-corrected chi connectivity index (χ2v) is 8.73. The van der Waals surface area contributed by atoms with Gasteiger partial charge in [0.2, 0.25) is 0 Å². The van der Waals surface area contributed by atoms with Gasteiger partial charge in [-0.3, -0.25) is 9.89 Å². The van der Waals surface area contributed by atoms with E-state index in [1.165, 1.54) is 17.5 Å². The van der Waals surface area contributed by atoms with Gasteiger partial charge in [-0.15, -0.1) is 0 Å². The first-order valence-corrected chi connectivity index (χ1v) is 10.2. The smallest absolute Gasteiger partial charge is 0.191 e. The molecule has 0 aromatic heterocycles. The highest BCUT2D eigenvalue weighted by atomic mass is 16.5. The molecule has 2 rings (SSSR count). The van der Waals surface area contributed by atoms with Crippen molar-refractivity contribution in [2.24, 2.45) is 10.4 Å². The predicted octanol–water partition coefficient (Wildman–Crippen LogP) is 3.40. The molecule has 1 fully saturated rings. The summed E-state index contributed by atoms with van der Waals surface area (Å²) < 4.78 is 5.46. The fourth-order valence-corrected chi connectivity index (χ4v) is 3.21. The van der Waals surface area contributed by atoms with E-state index in [0.717, 1.165) is 51.8 Å². The number of nitrogens with zero attached hydrogens (tertiary/aromatic N) is 2. The van der Waals surface area contributed by atoms with Crippen LogP contribution in [-0.2, 0) is 17.8 Å². The van der Waals surface area contributed by atoms with Crippen LogP contribution in [0.5, 0.6) is 0 Å². The Balaban J connectivity index is 1.86. The van der Waals surface area contributed by atoms with Gasteiger partial charge in [-0.05, 0) is 36.3 Å². The quantitative estimate of drug-likeness (QED) is 0.567. The van der Waals surface area contributed by atoms with Gasteiger partial charge in [0.25, 0.3) is 0 Å². The monoisotopic (exact) mass is 374 g/mol. The third-order valence-corrected chi connectivity index (χ3v) is 5.00. The lowest BCUT2D eigenvalue weighted by atomic mass is 9.89. The SMILES string of the molecule is CN=C(NCc1ccccc1CN1CCOCC1)NC(C)CCC(C)(C)C. The first-order valence-electron chi connectivity index (χ1n) is 10.2. The van der Waals surface area contributed by atoms with E-state index in [1.54, 1.807) is 0 Å². The zero-order chi connectivity index (χ0) is 19.7. The zero-order valence-electron chi connectivity index (χ0n) is 17.8. The Kier molecular flexibility index (Phi) is 8.58. The molecule has 0 spiro atoms. The number of nitrogens with one attached hydrogen (secondary N) is 2. The highest BCUT2D eigenvalue weighted by molar-refractivity contribution is 5.79. The minimum atomic E-state index is 0.366. The van der Waals surface area contributed by atoms with Crippen molar-refractivity contribution in [3.05, 3.63) is 35.4 Å². The lowest BCUT2D eigenvalue weighted by Gasteiger charge is -2.27. The lowest BCUT2D eigenvalue weighted by Crippen LogP contribution is -2.42. The first kappa shape index (κ1) is 21.7. The van der Waals surface area contributed by atoms with Gasteiger partial charge in [-0.2, -0.15) is 0 Å². The van der Waals surface area contributed by atoms with Gasteiger partial charge in [0.1, 0.15) is 0 Å². The molecule has 5 heteroatoms. The van der Waals surface area contributed by atoms with Crippen LogP contribution in [0.25, 0.3) is 0 Å². The van der Waals surface area contributed by atoms with E-state index in [-0.39, 0.29) is 0 Å². The molecule has 0 radical (unpaired) electrons. The van der Waals surface area contributed by atoms with E-state index in [9.17, 15) is 0 Å². The largest absolute Gasteiger partial charge is 0.379 e. The standard InChI is InChI=1S/C22H38N4O/c1-18(10-11-22(2,3)4)25-21(23-5)24-16-19-8-6-7-9-20(19)17-26-12-14-27-15-13-26/h6-9,18H,10-17H2,1-5H3,(H2,23,24,25). The Labute approximate surface area is 165 Å². The number of benzene rings is 1. The molecule has 0 saturated carbocycles. The number of rotatable bonds is 7. The lowest BCUT2D eigenvalue weighted by molar-refractivity contribution is 0.0341. The third kappa shape index (κ3) is 8.31. The van der Waals surface area contributed by atoms with E-state index in [4.69, 9.17) is 4.74 Å². The van der Waals surface area contributed by atoms with Crippen molar-refractivity contribution >= 4 is 5.96 Å². The summed E-state index contributed by atoms with van der Waals surface area (Å²) in [5.41, 5.74) is 3.07. The number of guanidine groups is 1. The van der Waals surface area contributed by atoms with Crippen LogP contribution >= 0.6 is 0 Å². The Morgan fingerprint density at radius 2 is 1.85 bits per heavy atom. The molecule has 1 atom stereocenters. The molecule has 0 amide bonds. The molecule has 152 valence electrons. The highest BCUT2D eigenvalue weighted by Gasteiger charge is 2.15.